The molecule has 0 aliphatic heterocycles. The summed E-state index contributed by atoms with van der Waals surface area (Å²) in [6.45, 7) is 9.69. The Kier molecular flexibility index (Phi) is 6.41. The van der Waals surface area contributed by atoms with Gasteiger partial charge in [0.25, 0.3) is 5.22 Å². The number of para-hydroxylation sites is 1. The van der Waals surface area contributed by atoms with Crippen molar-refractivity contribution in [2.24, 2.45) is 0 Å². The summed E-state index contributed by atoms with van der Waals surface area (Å²) in [5.74, 6) is 0.0562. The molecule has 0 saturated heterocycles. The van der Waals surface area contributed by atoms with Crippen molar-refractivity contribution in [3.63, 3.8) is 0 Å². The van der Waals surface area contributed by atoms with Crippen LogP contribution >= 0.6 is 11.8 Å². The summed E-state index contributed by atoms with van der Waals surface area (Å²) in [6.07, 6.45) is 0. The number of thioether (sulfide) groups is 1. The van der Waals surface area contributed by atoms with Gasteiger partial charge >= 0.3 is 0 Å². The number of rotatable bonds is 6. The van der Waals surface area contributed by atoms with Crippen LogP contribution < -0.4 is 5.32 Å². The monoisotopic (exact) mass is 423 g/mol. The van der Waals surface area contributed by atoms with Gasteiger partial charge in [-0.25, -0.2) is 0 Å². The molecule has 1 atom stereocenters. The van der Waals surface area contributed by atoms with E-state index in [4.69, 9.17) is 4.42 Å². The maximum atomic E-state index is 12.6. The zero-order valence-electron chi connectivity index (χ0n) is 17.7. The van der Waals surface area contributed by atoms with E-state index in [1.807, 2.05) is 12.1 Å². The number of carbonyl (C=O) groups excluding carboxylic acids is 2. The zero-order chi connectivity index (χ0) is 21.9. The van der Waals surface area contributed by atoms with E-state index in [1.54, 1.807) is 31.2 Å². The average molecular weight is 424 g/mol. The quantitative estimate of drug-likeness (QED) is 0.425. The molecule has 0 aliphatic carbocycles. The number of Topliss-reactive ketones (excluding diaryl/α,β-unsaturated/α-hetero) is 1. The van der Waals surface area contributed by atoms with Gasteiger partial charge in [-0.3, -0.25) is 9.59 Å². The maximum Gasteiger partial charge on any atom is 0.277 e. The number of benzene rings is 2. The molecular formula is C23H25N3O3S. The van der Waals surface area contributed by atoms with E-state index in [1.165, 1.54) is 24.2 Å². The molecule has 6 nitrogen and oxygen atoms in total. The minimum Gasteiger partial charge on any atom is -0.411 e. The first kappa shape index (κ1) is 21.8. The standard InChI is InChI=1S/C23H25N3O3S/c1-14(27)18-8-6-7-9-19(18)24-20(28)15(2)30-22-26-25-21(29-22)16-10-12-17(13-11-16)23(3,4)5/h6-13,15H,1-5H3,(H,24,28). The second-order valence-electron chi connectivity index (χ2n) is 8.05. The van der Waals surface area contributed by atoms with Crippen LogP contribution in [0.1, 0.15) is 50.5 Å². The number of carbonyl (C=O) groups is 2. The molecule has 3 aromatic rings. The summed E-state index contributed by atoms with van der Waals surface area (Å²) in [5.41, 5.74) is 3.08. The molecule has 1 amide bonds. The summed E-state index contributed by atoms with van der Waals surface area (Å²) >= 11 is 1.17. The van der Waals surface area contributed by atoms with Crippen LogP contribution in [0.5, 0.6) is 0 Å². The van der Waals surface area contributed by atoms with E-state index >= 15 is 0 Å². The lowest BCUT2D eigenvalue weighted by Gasteiger charge is -2.18. The van der Waals surface area contributed by atoms with Gasteiger partial charge in [-0.15, -0.1) is 10.2 Å². The molecule has 0 aliphatic rings. The molecule has 0 bridgehead atoms. The smallest absolute Gasteiger partial charge is 0.277 e. The Morgan fingerprint density at radius 3 is 2.33 bits per heavy atom. The van der Waals surface area contributed by atoms with Gasteiger partial charge in [0.1, 0.15) is 0 Å². The minimum atomic E-state index is -0.485. The van der Waals surface area contributed by atoms with Crippen LogP contribution in [-0.2, 0) is 10.2 Å². The molecule has 0 radical (unpaired) electrons. The molecule has 3 rings (SSSR count). The Balaban J connectivity index is 1.67. The number of anilines is 1. The molecular weight excluding hydrogens is 398 g/mol. The number of nitrogens with one attached hydrogen (secondary N) is 1. The first-order valence-corrected chi connectivity index (χ1v) is 10.5. The van der Waals surface area contributed by atoms with Crippen molar-refractivity contribution in [3.8, 4) is 11.5 Å². The fraction of sp³-hybridized carbons (Fsp3) is 0.304. The molecule has 1 aromatic heterocycles. The van der Waals surface area contributed by atoms with Gasteiger partial charge in [-0.05, 0) is 49.1 Å². The predicted octanol–water partition coefficient (Wildman–Crippen LogP) is 5.36. The third-order valence-electron chi connectivity index (χ3n) is 4.62. The predicted molar refractivity (Wildman–Crippen MR) is 119 cm³/mol. The largest absolute Gasteiger partial charge is 0.411 e. The van der Waals surface area contributed by atoms with Gasteiger partial charge in [0, 0.05) is 11.1 Å². The van der Waals surface area contributed by atoms with Crippen molar-refractivity contribution in [1.82, 2.24) is 10.2 Å². The maximum absolute atomic E-state index is 12.6. The SMILES string of the molecule is CC(=O)c1ccccc1NC(=O)C(C)Sc1nnc(-c2ccc(C(C)(C)C)cc2)o1. The van der Waals surface area contributed by atoms with E-state index in [-0.39, 0.29) is 17.1 Å². The van der Waals surface area contributed by atoms with Crippen LogP contribution in [0, 0.1) is 0 Å². The Bertz CT molecular complexity index is 1050. The van der Waals surface area contributed by atoms with E-state index in [2.05, 4.69) is 48.4 Å². The van der Waals surface area contributed by atoms with E-state index in [9.17, 15) is 9.59 Å². The van der Waals surface area contributed by atoms with Crippen molar-refractivity contribution in [1.29, 1.82) is 0 Å². The lowest BCUT2D eigenvalue weighted by Crippen LogP contribution is -2.23. The summed E-state index contributed by atoms with van der Waals surface area (Å²) in [6, 6.07) is 14.9. The Hall–Kier alpha value is -2.93. The molecule has 30 heavy (non-hydrogen) atoms. The van der Waals surface area contributed by atoms with Gasteiger partial charge in [-0.2, -0.15) is 0 Å². The number of nitrogens with zero attached hydrogens (tertiary/aromatic N) is 2. The highest BCUT2D eigenvalue weighted by molar-refractivity contribution is 8.00. The molecule has 156 valence electrons. The highest BCUT2D eigenvalue weighted by Gasteiger charge is 2.20. The Morgan fingerprint density at radius 1 is 1.03 bits per heavy atom. The first-order valence-electron chi connectivity index (χ1n) is 9.67. The van der Waals surface area contributed by atoms with Crippen LogP contribution in [0.25, 0.3) is 11.5 Å². The highest BCUT2D eigenvalue weighted by Crippen LogP contribution is 2.29. The number of aromatic nitrogens is 2. The van der Waals surface area contributed by atoms with E-state index in [0.717, 1.165) is 5.56 Å². The van der Waals surface area contributed by atoms with Crippen molar-refractivity contribution in [3.05, 3.63) is 59.7 Å². The molecule has 2 aromatic carbocycles. The number of amides is 1. The van der Waals surface area contributed by atoms with Crippen LogP contribution in [0.4, 0.5) is 5.69 Å². The normalized spacial score (nSPS) is 12.4. The molecule has 0 fully saturated rings. The van der Waals surface area contributed by atoms with Crippen LogP contribution in [-0.4, -0.2) is 27.1 Å². The third-order valence-corrected chi connectivity index (χ3v) is 5.55. The van der Waals surface area contributed by atoms with Crippen molar-refractivity contribution >= 4 is 29.1 Å². The minimum absolute atomic E-state index is 0.0676. The lowest BCUT2D eigenvalue weighted by atomic mass is 9.87. The van der Waals surface area contributed by atoms with Crippen LogP contribution in [0.15, 0.2) is 58.2 Å². The second-order valence-corrected chi connectivity index (χ2v) is 9.34. The molecule has 7 heteroatoms. The summed E-state index contributed by atoms with van der Waals surface area (Å²) < 4.78 is 5.73. The number of hydrogen-bond donors (Lipinski definition) is 1. The van der Waals surface area contributed by atoms with Gasteiger partial charge in [-0.1, -0.05) is 56.8 Å². The first-order chi connectivity index (χ1) is 14.1. The molecule has 1 heterocycles. The third kappa shape index (κ3) is 5.16. The molecule has 1 N–H and O–H groups in total. The topological polar surface area (TPSA) is 85.1 Å². The van der Waals surface area contributed by atoms with Crippen molar-refractivity contribution in [2.75, 3.05) is 5.32 Å². The van der Waals surface area contributed by atoms with Crippen LogP contribution in [0.3, 0.4) is 0 Å². The Labute approximate surface area is 180 Å². The van der Waals surface area contributed by atoms with E-state index < -0.39 is 5.25 Å². The molecule has 1 unspecified atom stereocenters. The van der Waals surface area contributed by atoms with E-state index in [0.29, 0.717) is 22.4 Å². The van der Waals surface area contributed by atoms with Gasteiger partial charge in [0.05, 0.1) is 10.9 Å². The Morgan fingerprint density at radius 2 is 1.70 bits per heavy atom. The summed E-state index contributed by atoms with van der Waals surface area (Å²) in [5, 5.41) is 10.8. The van der Waals surface area contributed by atoms with Gasteiger partial charge < -0.3 is 9.73 Å². The highest BCUT2D eigenvalue weighted by atomic mass is 32.2. The fourth-order valence-corrected chi connectivity index (χ4v) is 3.51. The van der Waals surface area contributed by atoms with Crippen molar-refractivity contribution in [2.45, 2.75) is 50.5 Å². The average Bonchev–Trinajstić information content (AvgIpc) is 3.16. The molecule has 0 spiro atoms. The van der Waals surface area contributed by atoms with Crippen LogP contribution in [0.2, 0.25) is 0 Å². The number of hydrogen-bond acceptors (Lipinski definition) is 6. The lowest BCUT2D eigenvalue weighted by molar-refractivity contribution is -0.115. The summed E-state index contributed by atoms with van der Waals surface area (Å²) in [7, 11) is 0. The number of ketones is 1. The summed E-state index contributed by atoms with van der Waals surface area (Å²) in [4.78, 5) is 24.3. The van der Waals surface area contributed by atoms with Gasteiger partial charge in [0.15, 0.2) is 5.78 Å². The van der Waals surface area contributed by atoms with Gasteiger partial charge in [0.2, 0.25) is 11.8 Å². The second kappa shape index (κ2) is 8.83. The molecule has 0 saturated carbocycles. The zero-order valence-corrected chi connectivity index (χ0v) is 18.5. The fourth-order valence-electron chi connectivity index (χ4n) is 2.83. The van der Waals surface area contributed by atoms with Crippen molar-refractivity contribution < 1.29 is 14.0 Å².